The van der Waals surface area contributed by atoms with Crippen molar-refractivity contribution in [3.63, 3.8) is 0 Å². The number of aryl methyl sites for hydroxylation is 2. The molecule has 0 spiro atoms. The van der Waals surface area contributed by atoms with Crippen molar-refractivity contribution in [3.8, 4) is 23.0 Å². The third-order valence-corrected chi connectivity index (χ3v) is 9.72. The summed E-state index contributed by atoms with van der Waals surface area (Å²) in [6.45, 7) is 2.60. The van der Waals surface area contributed by atoms with Crippen LogP contribution in [-0.2, 0) is 34.3 Å². The van der Waals surface area contributed by atoms with Crippen LogP contribution in [0.5, 0.6) is 23.0 Å². The average molecular weight is 643 g/mol. The molecule has 1 N–H and O–H groups in total. The Hall–Kier alpha value is -3.98. The van der Waals surface area contributed by atoms with Gasteiger partial charge in [0.25, 0.3) is 0 Å². The number of fused-ring (bicyclic) bond motifs is 3. The molecule has 7 rings (SSSR count). The van der Waals surface area contributed by atoms with Crippen LogP contribution in [0.3, 0.4) is 0 Å². The maximum Gasteiger partial charge on any atom is 1.00 e. The number of carboxylic acid groups (broad SMARTS) is 2. The maximum atomic E-state index is 13.9. The van der Waals surface area contributed by atoms with E-state index < -0.39 is 29.2 Å². The van der Waals surface area contributed by atoms with Gasteiger partial charge in [0, 0.05) is 17.8 Å². The molecule has 0 bridgehead atoms. The van der Waals surface area contributed by atoms with Crippen molar-refractivity contribution in [1.29, 1.82) is 0 Å². The van der Waals surface area contributed by atoms with Gasteiger partial charge < -0.3 is 34.0 Å². The molecule has 0 aromatic heterocycles. The van der Waals surface area contributed by atoms with Crippen LogP contribution in [0.2, 0.25) is 0 Å². The van der Waals surface area contributed by atoms with Crippen LogP contribution in [0.1, 0.15) is 70.2 Å². The van der Waals surface area contributed by atoms with E-state index in [1.54, 1.807) is 18.2 Å². The number of aliphatic carboxylic acids is 2. The molecule has 236 valence electrons. The Morgan fingerprint density at radius 2 is 1.64 bits per heavy atom. The summed E-state index contributed by atoms with van der Waals surface area (Å²) in [6, 6.07) is 22.9. The van der Waals surface area contributed by atoms with E-state index in [0.29, 0.717) is 40.7 Å². The summed E-state index contributed by atoms with van der Waals surface area (Å²) in [5, 5.41) is 23.8. The third kappa shape index (κ3) is 5.56. The average Bonchev–Trinajstić information content (AvgIpc) is 3.79. The first kappa shape index (κ1) is 32.9. The Morgan fingerprint density at radius 1 is 0.894 bits per heavy atom. The zero-order valence-corrected chi connectivity index (χ0v) is 28.8. The normalized spacial score (nSPS) is 20.2. The smallest absolute Gasteiger partial charge is 0.550 e. The number of methoxy groups -OCH3 is 1. The Kier molecular flexibility index (Phi) is 9.29. The van der Waals surface area contributed by atoms with Gasteiger partial charge in [-0.1, -0.05) is 43.3 Å². The predicted molar refractivity (Wildman–Crippen MR) is 168 cm³/mol. The van der Waals surface area contributed by atoms with Crippen LogP contribution in [0.15, 0.2) is 72.8 Å². The van der Waals surface area contributed by atoms with E-state index in [4.69, 9.17) is 18.9 Å². The number of carboxylic acids is 2. The summed E-state index contributed by atoms with van der Waals surface area (Å²) in [5.41, 5.74) is 5.43. The molecule has 1 heterocycles. The van der Waals surface area contributed by atoms with Crippen molar-refractivity contribution in [3.05, 3.63) is 117 Å². The van der Waals surface area contributed by atoms with Gasteiger partial charge in [-0.2, -0.15) is 0 Å². The number of benzene rings is 4. The van der Waals surface area contributed by atoms with Gasteiger partial charge in [0.15, 0.2) is 11.5 Å². The molecular weight excluding hydrogens is 607 g/mol. The third-order valence-electron chi connectivity index (χ3n) is 9.72. The zero-order chi connectivity index (χ0) is 32.0. The monoisotopic (exact) mass is 642 g/mol. The fourth-order valence-corrected chi connectivity index (χ4v) is 7.85. The maximum absolute atomic E-state index is 13.9. The fourth-order valence-electron chi connectivity index (χ4n) is 7.85. The topological polar surface area (TPSA) is 114 Å². The molecule has 4 aromatic rings. The molecule has 2 aliphatic carbocycles. The molecule has 47 heavy (non-hydrogen) atoms. The first-order chi connectivity index (χ1) is 22.3. The Labute approximate surface area is 295 Å². The second-order valence-corrected chi connectivity index (χ2v) is 12.2. The zero-order valence-electron chi connectivity index (χ0n) is 26.8. The minimum absolute atomic E-state index is 0. The van der Waals surface area contributed by atoms with Crippen molar-refractivity contribution < 1.29 is 68.3 Å². The Balaban J connectivity index is 0.00000386. The largest absolute Gasteiger partial charge is 1.00 e. The predicted octanol–water partition coefficient (Wildman–Crippen LogP) is 2.18. The van der Waals surface area contributed by atoms with Gasteiger partial charge in [-0.3, -0.25) is 4.79 Å². The summed E-state index contributed by atoms with van der Waals surface area (Å²) >= 11 is 0. The van der Waals surface area contributed by atoms with E-state index in [9.17, 15) is 19.8 Å². The van der Waals surface area contributed by atoms with Crippen LogP contribution in [0.4, 0.5) is 0 Å². The SMILES string of the molecule is CCCOc1ccc2c(c1)C(c1ccc(OC)cc1CC(=O)O)C(C(=O)[O-])C2(c1ccc2c(c1)CCC2)c1ccc2c(c1)OCO2.[Na+]. The van der Waals surface area contributed by atoms with Gasteiger partial charge in [-0.25, -0.2) is 0 Å². The molecule has 3 aliphatic rings. The Morgan fingerprint density at radius 3 is 2.40 bits per heavy atom. The van der Waals surface area contributed by atoms with Gasteiger partial charge in [-0.15, -0.1) is 0 Å². The van der Waals surface area contributed by atoms with Crippen LogP contribution in [-0.4, -0.2) is 37.6 Å². The van der Waals surface area contributed by atoms with E-state index in [0.717, 1.165) is 47.9 Å². The number of hydrogen-bond acceptors (Lipinski definition) is 7. The minimum atomic E-state index is -1.24. The van der Waals surface area contributed by atoms with Gasteiger partial charge in [0.2, 0.25) is 6.79 Å². The molecule has 0 fully saturated rings. The molecule has 3 unspecified atom stereocenters. The molecule has 0 saturated heterocycles. The Bertz CT molecular complexity index is 1790. The van der Waals surface area contributed by atoms with E-state index >= 15 is 0 Å². The molecule has 0 amide bonds. The van der Waals surface area contributed by atoms with Crippen molar-refractivity contribution in [1.82, 2.24) is 0 Å². The van der Waals surface area contributed by atoms with Gasteiger partial charge in [-0.05, 0) is 107 Å². The number of carbonyl (C=O) groups excluding carboxylic acids is 1. The summed E-state index contributed by atoms with van der Waals surface area (Å²) < 4.78 is 23.0. The fraction of sp³-hybridized carbons (Fsp3) is 0.316. The van der Waals surface area contributed by atoms with Crippen molar-refractivity contribution in [2.24, 2.45) is 5.92 Å². The second kappa shape index (κ2) is 13.3. The van der Waals surface area contributed by atoms with Crippen molar-refractivity contribution in [2.45, 2.75) is 50.4 Å². The molecule has 0 saturated carbocycles. The van der Waals surface area contributed by atoms with E-state index in [-0.39, 0.29) is 42.8 Å². The van der Waals surface area contributed by atoms with E-state index in [1.165, 1.54) is 18.2 Å². The molecular formula is C38H35NaO8. The quantitative estimate of drug-likeness (QED) is 0.262. The molecule has 9 heteroatoms. The minimum Gasteiger partial charge on any atom is -0.550 e. The van der Waals surface area contributed by atoms with Gasteiger partial charge >= 0.3 is 35.5 Å². The van der Waals surface area contributed by atoms with Crippen molar-refractivity contribution >= 4 is 11.9 Å². The van der Waals surface area contributed by atoms with Crippen LogP contribution >= 0.6 is 0 Å². The second-order valence-electron chi connectivity index (χ2n) is 12.2. The van der Waals surface area contributed by atoms with E-state index in [1.807, 2.05) is 49.4 Å². The van der Waals surface area contributed by atoms with E-state index in [2.05, 4.69) is 12.1 Å². The summed E-state index contributed by atoms with van der Waals surface area (Å²) in [4.78, 5) is 26.0. The van der Waals surface area contributed by atoms with Crippen LogP contribution < -0.4 is 53.6 Å². The van der Waals surface area contributed by atoms with Crippen LogP contribution in [0.25, 0.3) is 0 Å². The molecule has 8 nitrogen and oxygen atoms in total. The van der Waals surface area contributed by atoms with Gasteiger partial charge in [0.1, 0.15) is 11.5 Å². The summed E-state index contributed by atoms with van der Waals surface area (Å²) in [7, 11) is 1.52. The molecule has 1 aliphatic heterocycles. The number of carbonyl (C=O) groups is 2. The first-order valence-corrected chi connectivity index (χ1v) is 15.7. The van der Waals surface area contributed by atoms with Crippen LogP contribution in [0, 0.1) is 5.92 Å². The molecule has 3 atom stereocenters. The van der Waals surface area contributed by atoms with Gasteiger partial charge in [0.05, 0.1) is 25.6 Å². The molecule has 4 aromatic carbocycles. The number of ether oxygens (including phenoxy) is 4. The standard InChI is InChI=1S/C38H36O8.Na/c1-3-15-44-28-11-13-31-30(20-28)35(29-12-10-27(43-2)17-24(29)18-34(39)40)36(37(41)42)38(31,25-8-7-22-5-4-6-23(22)16-25)26-9-14-32-33(19-26)46-21-45-32;/h7-14,16-17,19-20,35-36H,3-6,15,18,21H2,1-2H3,(H,39,40)(H,41,42);/q;+1/p-1. The first-order valence-electron chi connectivity index (χ1n) is 15.7. The molecule has 0 radical (unpaired) electrons. The summed E-state index contributed by atoms with van der Waals surface area (Å²) in [5.74, 6) is -1.97. The number of rotatable bonds is 10. The number of hydrogen-bond donors (Lipinski definition) is 1. The summed E-state index contributed by atoms with van der Waals surface area (Å²) in [6.07, 6.45) is 3.44. The van der Waals surface area contributed by atoms with Crippen molar-refractivity contribution in [2.75, 3.05) is 20.5 Å².